The Morgan fingerprint density at radius 2 is 1.81 bits per heavy atom. The Bertz CT molecular complexity index is 1140. The van der Waals surface area contributed by atoms with Crippen molar-refractivity contribution in [3.63, 3.8) is 0 Å². The van der Waals surface area contributed by atoms with Gasteiger partial charge in [0.25, 0.3) is 0 Å². The lowest BCUT2D eigenvalue weighted by Crippen LogP contribution is -2.35. The Hall–Kier alpha value is -3.18. The molecule has 1 aliphatic heterocycles. The minimum absolute atomic E-state index is 0.162. The topological polar surface area (TPSA) is 127 Å². The molecule has 43 heavy (non-hydrogen) atoms. The summed E-state index contributed by atoms with van der Waals surface area (Å²) < 4.78 is 22.1. The Kier molecular flexibility index (Phi) is 14.7. The zero-order valence-electron chi connectivity index (χ0n) is 25.9. The molecule has 0 radical (unpaired) electrons. The third kappa shape index (κ3) is 13.3. The van der Waals surface area contributed by atoms with Gasteiger partial charge in [-0.2, -0.15) is 0 Å². The number of hydrogen-bond donors (Lipinski definition) is 4. The third-order valence-electron chi connectivity index (χ3n) is 7.02. The first kappa shape index (κ1) is 34.3. The number of anilines is 1. The maximum atomic E-state index is 12.0. The van der Waals surface area contributed by atoms with Gasteiger partial charge in [-0.1, -0.05) is 31.0 Å². The lowest BCUT2D eigenvalue weighted by Gasteiger charge is -2.33. The molecule has 4 N–H and O–H groups in total. The molecule has 0 saturated heterocycles. The number of aliphatic hydroxyl groups excluding tert-OH is 1. The van der Waals surface area contributed by atoms with Crippen LogP contribution in [0, 0.1) is 0 Å². The number of nitrogens with one attached hydrogen (secondary N) is 3. The van der Waals surface area contributed by atoms with Gasteiger partial charge < -0.3 is 40.0 Å². The Labute approximate surface area is 255 Å². The van der Waals surface area contributed by atoms with Gasteiger partial charge in [0, 0.05) is 44.9 Å². The van der Waals surface area contributed by atoms with Crippen LogP contribution in [0.15, 0.2) is 42.5 Å². The van der Waals surface area contributed by atoms with Gasteiger partial charge in [-0.3, -0.25) is 4.79 Å². The van der Waals surface area contributed by atoms with Crippen molar-refractivity contribution in [2.24, 2.45) is 0 Å². The summed E-state index contributed by atoms with van der Waals surface area (Å²) in [6.07, 6.45) is 6.68. The van der Waals surface area contributed by atoms with Crippen molar-refractivity contribution in [2.45, 2.75) is 84.2 Å². The average Bonchev–Trinajstić information content (AvgIpc) is 2.98. The summed E-state index contributed by atoms with van der Waals surface area (Å²) in [5.74, 6) is -0.265. The van der Waals surface area contributed by atoms with Gasteiger partial charge >= 0.3 is 12.0 Å². The van der Waals surface area contributed by atoms with Gasteiger partial charge in [-0.05, 0) is 81.0 Å². The number of aliphatic hydroxyl groups is 1. The SMILES string of the molecule is CCOC(=O)CNC(=O)Nc1cccc(CCCCOCCCCCCNC[C@H](O)c2ccc3c(c2)COC(C)(C)O3)c1. The second-order valence-electron chi connectivity index (χ2n) is 11.2. The molecule has 1 aliphatic rings. The largest absolute Gasteiger partial charge is 0.465 e. The quantitative estimate of drug-likeness (QED) is 0.128. The van der Waals surface area contributed by atoms with Gasteiger partial charge in [-0.15, -0.1) is 0 Å². The number of amides is 2. The molecular weight excluding hydrogens is 550 g/mol. The van der Waals surface area contributed by atoms with E-state index in [0.29, 0.717) is 18.8 Å². The number of esters is 1. The zero-order chi connectivity index (χ0) is 30.9. The van der Waals surface area contributed by atoms with Gasteiger partial charge in [0.05, 0.1) is 19.3 Å². The Morgan fingerprint density at radius 1 is 1.02 bits per heavy atom. The number of aryl methyl sites for hydroxylation is 1. The van der Waals surface area contributed by atoms with Crippen molar-refractivity contribution in [3.05, 3.63) is 59.2 Å². The molecule has 0 bridgehead atoms. The van der Waals surface area contributed by atoms with Crippen LogP contribution in [0.3, 0.4) is 0 Å². The van der Waals surface area contributed by atoms with Crippen molar-refractivity contribution >= 4 is 17.7 Å². The first-order valence-electron chi connectivity index (χ1n) is 15.5. The molecule has 0 unspecified atom stereocenters. The lowest BCUT2D eigenvalue weighted by molar-refractivity contribution is -0.180. The molecule has 238 valence electrons. The van der Waals surface area contributed by atoms with E-state index in [9.17, 15) is 14.7 Å². The molecule has 0 aromatic heterocycles. The number of ether oxygens (including phenoxy) is 4. The Morgan fingerprint density at radius 3 is 2.63 bits per heavy atom. The van der Waals surface area contributed by atoms with E-state index in [1.54, 1.807) is 6.92 Å². The van der Waals surface area contributed by atoms with Crippen LogP contribution in [0.5, 0.6) is 5.75 Å². The molecule has 0 spiro atoms. The van der Waals surface area contributed by atoms with E-state index < -0.39 is 23.9 Å². The standard InChI is InChI=1S/C33H49N3O7/c1-4-41-31(38)23-35-32(39)36-28-14-11-13-25(20-28)12-7-10-19-40-18-9-6-5-8-17-34-22-29(37)26-15-16-30-27(21-26)24-42-33(2,3)43-30/h11,13-16,20-21,29,34,37H,4-10,12,17-19,22-24H2,1-3H3,(H2,35,36,39)/t29-/m0/s1. The van der Waals surface area contributed by atoms with E-state index in [2.05, 4.69) is 16.0 Å². The van der Waals surface area contributed by atoms with Crippen LogP contribution >= 0.6 is 0 Å². The maximum Gasteiger partial charge on any atom is 0.325 e. The van der Waals surface area contributed by atoms with Gasteiger partial charge in [0.2, 0.25) is 5.79 Å². The molecule has 10 heteroatoms. The zero-order valence-corrected chi connectivity index (χ0v) is 25.9. The molecule has 2 amide bonds. The fourth-order valence-electron chi connectivity index (χ4n) is 4.71. The smallest absolute Gasteiger partial charge is 0.325 e. The highest BCUT2D eigenvalue weighted by molar-refractivity contribution is 5.91. The van der Waals surface area contributed by atoms with Gasteiger partial charge in [0.15, 0.2) is 0 Å². The van der Waals surface area contributed by atoms with Crippen molar-refractivity contribution in [3.8, 4) is 5.75 Å². The highest BCUT2D eigenvalue weighted by Gasteiger charge is 2.27. The van der Waals surface area contributed by atoms with E-state index in [4.69, 9.17) is 18.9 Å². The molecule has 1 atom stereocenters. The van der Waals surface area contributed by atoms with Crippen LogP contribution in [-0.2, 0) is 32.0 Å². The molecule has 0 aliphatic carbocycles. The first-order valence-corrected chi connectivity index (χ1v) is 15.5. The lowest BCUT2D eigenvalue weighted by atomic mass is 10.0. The predicted octanol–water partition coefficient (Wildman–Crippen LogP) is 5.24. The number of unbranched alkanes of at least 4 members (excludes halogenated alkanes) is 4. The highest BCUT2D eigenvalue weighted by atomic mass is 16.7. The number of rotatable bonds is 19. The second-order valence-corrected chi connectivity index (χ2v) is 11.2. The van der Waals surface area contributed by atoms with E-state index in [-0.39, 0.29) is 13.2 Å². The fraction of sp³-hybridized carbons (Fsp3) is 0.576. The van der Waals surface area contributed by atoms with E-state index in [1.165, 1.54) is 0 Å². The summed E-state index contributed by atoms with van der Waals surface area (Å²) in [6.45, 7) is 9.02. The normalized spacial score (nSPS) is 14.3. The monoisotopic (exact) mass is 599 g/mol. The molecule has 10 nitrogen and oxygen atoms in total. The summed E-state index contributed by atoms with van der Waals surface area (Å²) >= 11 is 0. The van der Waals surface area contributed by atoms with Crippen LogP contribution in [-0.4, -0.2) is 62.3 Å². The van der Waals surface area contributed by atoms with Crippen LogP contribution in [0.25, 0.3) is 0 Å². The molecular formula is C33H49N3O7. The third-order valence-corrected chi connectivity index (χ3v) is 7.02. The summed E-state index contributed by atoms with van der Waals surface area (Å²) in [7, 11) is 0. The van der Waals surface area contributed by atoms with Crippen molar-refractivity contribution < 1.29 is 33.6 Å². The van der Waals surface area contributed by atoms with E-state index in [1.807, 2.05) is 56.3 Å². The summed E-state index contributed by atoms with van der Waals surface area (Å²) in [4.78, 5) is 23.3. The van der Waals surface area contributed by atoms with Crippen molar-refractivity contribution in [1.29, 1.82) is 0 Å². The highest BCUT2D eigenvalue weighted by Crippen LogP contribution is 2.32. The maximum absolute atomic E-state index is 12.0. The number of hydrogen-bond acceptors (Lipinski definition) is 8. The first-order chi connectivity index (χ1) is 20.8. The summed E-state index contributed by atoms with van der Waals surface area (Å²) in [5, 5.41) is 19.1. The number of benzene rings is 2. The Balaban J connectivity index is 1.15. The minimum Gasteiger partial charge on any atom is -0.465 e. The summed E-state index contributed by atoms with van der Waals surface area (Å²) in [5.41, 5.74) is 3.66. The molecule has 2 aromatic carbocycles. The number of fused-ring (bicyclic) bond motifs is 1. The molecule has 0 saturated carbocycles. The average molecular weight is 600 g/mol. The van der Waals surface area contributed by atoms with Crippen molar-refractivity contribution in [1.82, 2.24) is 10.6 Å². The van der Waals surface area contributed by atoms with Gasteiger partial charge in [0.1, 0.15) is 12.3 Å². The van der Waals surface area contributed by atoms with Crippen LogP contribution in [0.4, 0.5) is 10.5 Å². The number of carbonyl (C=O) groups is 2. The molecule has 3 rings (SSSR count). The minimum atomic E-state index is -0.618. The molecule has 0 fully saturated rings. The van der Waals surface area contributed by atoms with E-state index in [0.717, 1.165) is 87.1 Å². The predicted molar refractivity (Wildman–Crippen MR) is 166 cm³/mol. The number of carbonyl (C=O) groups excluding carboxylic acids is 2. The fourth-order valence-corrected chi connectivity index (χ4v) is 4.71. The second kappa shape index (κ2) is 18.5. The van der Waals surface area contributed by atoms with E-state index >= 15 is 0 Å². The van der Waals surface area contributed by atoms with Gasteiger partial charge in [-0.25, -0.2) is 4.79 Å². The van der Waals surface area contributed by atoms with Crippen molar-refractivity contribution in [2.75, 3.05) is 44.8 Å². The molecule has 1 heterocycles. The van der Waals surface area contributed by atoms with Crippen LogP contribution in [0.1, 0.15) is 82.1 Å². The summed E-state index contributed by atoms with van der Waals surface area (Å²) in [6, 6.07) is 13.1. The van der Waals surface area contributed by atoms with Crippen LogP contribution < -0.4 is 20.7 Å². The van der Waals surface area contributed by atoms with Crippen LogP contribution in [0.2, 0.25) is 0 Å². The number of urea groups is 1. The molecule has 2 aromatic rings.